The summed E-state index contributed by atoms with van der Waals surface area (Å²) in [5.74, 6) is 0.597. The van der Waals surface area contributed by atoms with Crippen LogP contribution in [0.4, 0.5) is 4.39 Å². The third kappa shape index (κ3) is 6.86. The highest BCUT2D eigenvalue weighted by Gasteiger charge is 2.20. The first kappa shape index (κ1) is 21.2. The molecule has 0 radical (unpaired) electrons. The van der Waals surface area contributed by atoms with Crippen molar-refractivity contribution in [2.24, 2.45) is 10.4 Å². The van der Waals surface area contributed by atoms with E-state index in [4.69, 9.17) is 0 Å². The van der Waals surface area contributed by atoms with Crippen LogP contribution in [0.2, 0.25) is 0 Å². The average molecular weight is 397 g/mol. The number of aromatic amines is 1. The van der Waals surface area contributed by atoms with Crippen LogP contribution in [0.3, 0.4) is 0 Å². The summed E-state index contributed by atoms with van der Waals surface area (Å²) in [6.45, 7) is 5.36. The van der Waals surface area contributed by atoms with Gasteiger partial charge in [-0.25, -0.2) is 12.8 Å². The first-order chi connectivity index (χ1) is 12.6. The molecule has 3 N–H and O–H groups in total. The van der Waals surface area contributed by atoms with E-state index in [1.165, 1.54) is 18.4 Å². The lowest BCUT2D eigenvalue weighted by atomic mass is 9.90. The minimum absolute atomic E-state index is 0.165. The number of nitrogens with zero attached hydrogens (tertiary/aromatic N) is 1. The fraction of sp³-hybridized carbons (Fsp3) is 0.526. The van der Waals surface area contributed by atoms with E-state index in [-0.39, 0.29) is 17.0 Å². The fourth-order valence-corrected chi connectivity index (χ4v) is 3.70. The predicted octanol–water partition coefficient (Wildman–Crippen LogP) is 2.48. The maximum absolute atomic E-state index is 13.3. The fourth-order valence-electron chi connectivity index (χ4n) is 2.77. The second kappa shape index (κ2) is 8.73. The van der Waals surface area contributed by atoms with Crippen LogP contribution in [-0.4, -0.2) is 51.5 Å². The summed E-state index contributed by atoms with van der Waals surface area (Å²) in [5, 5.41) is 7.54. The second-order valence-corrected chi connectivity index (χ2v) is 9.91. The van der Waals surface area contributed by atoms with Crippen molar-refractivity contribution in [3.8, 4) is 0 Å². The Morgan fingerprint density at radius 3 is 2.70 bits per heavy atom. The van der Waals surface area contributed by atoms with Crippen molar-refractivity contribution in [2.75, 3.05) is 32.1 Å². The second-order valence-electron chi connectivity index (χ2n) is 7.65. The van der Waals surface area contributed by atoms with Crippen molar-refractivity contribution >= 4 is 26.7 Å². The number of hydrogen-bond donors (Lipinski definition) is 3. The number of sulfone groups is 1. The van der Waals surface area contributed by atoms with Gasteiger partial charge in [-0.15, -0.1) is 0 Å². The Morgan fingerprint density at radius 2 is 2.04 bits per heavy atom. The molecule has 1 aromatic heterocycles. The molecule has 0 atom stereocenters. The molecule has 8 heteroatoms. The van der Waals surface area contributed by atoms with Crippen LogP contribution >= 0.6 is 0 Å². The van der Waals surface area contributed by atoms with Gasteiger partial charge in [0.15, 0.2) is 5.96 Å². The monoisotopic (exact) mass is 396 g/mol. The minimum Gasteiger partial charge on any atom is -0.361 e. The van der Waals surface area contributed by atoms with E-state index in [0.717, 1.165) is 22.9 Å². The number of nitrogens with one attached hydrogen (secondary N) is 3. The molecule has 0 aliphatic heterocycles. The zero-order chi connectivity index (χ0) is 20.1. The van der Waals surface area contributed by atoms with E-state index in [1.54, 1.807) is 13.1 Å². The molecule has 2 rings (SSSR count). The van der Waals surface area contributed by atoms with Gasteiger partial charge < -0.3 is 15.6 Å². The van der Waals surface area contributed by atoms with Gasteiger partial charge in [-0.2, -0.15) is 0 Å². The summed E-state index contributed by atoms with van der Waals surface area (Å²) in [5.41, 5.74) is 1.74. The molecule has 150 valence electrons. The number of rotatable bonds is 8. The summed E-state index contributed by atoms with van der Waals surface area (Å²) < 4.78 is 36.0. The third-order valence-electron chi connectivity index (χ3n) is 4.52. The number of guanidine groups is 1. The van der Waals surface area contributed by atoms with Crippen LogP contribution in [0, 0.1) is 11.2 Å². The van der Waals surface area contributed by atoms with Gasteiger partial charge >= 0.3 is 0 Å². The van der Waals surface area contributed by atoms with Gasteiger partial charge in [0.1, 0.15) is 15.7 Å². The molecule has 6 nitrogen and oxygen atoms in total. The number of aromatic nitrogens is 1. The van der Waals surface area contributed by atoms with Crippen LogP contribution in [0.15, 0.2) is 29.4 Å². The summed E-state index contributed by atoms with van der Waals surface area (Å²) in [6.07, 6.45) is 4.51. The molecular formula is C19H29FN4O2S. The summed E-state index contributed by atoms with van der Waals surface area (Å²) >= 11 is 0. The van der Waals surface area contributed by atoms with Crippen molar-refractivity contribution in [2.45, 2.75) is 26.7 Å². The SMILES string of the molecule is CN=C(NCCc1c[nH]c2cc(F)ccc12)NCC(C)(C)CCS(C)(=O)=O. The van der Waals surface area contributed by atoms with Gasteiger partial charge in [-0.1, -0.05) is 13.8 Å². The summed E-state index contributed by atoms with van der Waals surface area (Å²) in [6, 6.07) is 4.74. The van der Waals surface area contributed by atoms with Crippen molar-refractivity contribution in [3.63, 3.8) is 0 Å². The van der Waals surface area contributed by atoms with Crippen LogP contribution in [0.5, 0.6) is 0 Å². The van der Waals surface area contributed by atoms with Gasteiger partial charge in [0.2, 0.25) is 0 Å². The topological polar surface area (TPSA) is 86.3 Å². The van der Waals surface area contributed by atoms with Crippen LogP contribution in [-0.2, 0) is 16.3 Å². The zero-order valence-electron chi connectivity index (χ0n) is 16.4. The highest BCUT2D eigenvalue weighted by molar-refractivity contribution is 7.90. The van der Waals surface area contributed by atoms with E-state index in [9.17, 15) is 12.8 Å². The molecule has 1 heterocycles. The third-order valence-corrected chi connectivity index (χ3v) is 5.47. The van der Waals surface area contributed by atoms with Crippen LogP contribution < -0.4 is 10.6 Å². The molecule has 0 spiro atoms. The van der Waals surface area contributed by atoms with Gasteiger partial charge in [-0.3, -0.25) is 4.99 Å². The molecule has 0 amide bonds. The molecule has 0 saturated heterocycles. The molecule has 1 aromatic carbocycles. The largest absolute Gasteiger partial charge is 0.361 e. The predicted molar refractivity (Wildman–Crippen MR) is 109 cm³/mol. The molecular weight excluding hydrogens is 367 g/mol. The highest BCUT2D eigenvalue weighted by Crippen LogP contribution is 2.20. The molecule has 0 bridgehead atoms. The Balaban J connectivity index is 1.83. The van der Waals surface area contributed by atoms with Crippen molar-refractivity contribution < 1.29 is 12.8 Å². The number of halogens is 1. The van der Waals surface area contributed by atoms with Crippen LogP contribution in [0.25, 0.3) is 10.9 Å². The van der Waals surface area contributed by atoms with Gasteiger partial charge in [0, 0.05) is 43.5 Å². The molecule has 0 aliphatic rings. The number of H-pyrrole nitrogens is 1. The van der Waals surface area contributed by atoms with Gasteiger partial charge in [-0.05, 0) is 42.0 Å². The number of benzene rings is 1. The molecule has 0 unspecified atom stereocenters. The summed E-state index contributed by atoms with van der Waals surface area (Å²) in [4.78, 5) is 7.30. The van der Waals surface area contributed by atoms with E-state index in [0.29, 0.717) is 25.5 Å². The minimum atomic E-state index is -2.96. The Bertz CT molecular complexity index is 904. The lowest BCUT2D eigenvalue weighted by molar-refractivity contribution is 0.348. The van der Waals surface area contributed by atoms with Crippen molar-refractivity contribution in [3.05, 3.63) is 35.8 Å². The van der Waals surface area contributed by atoms with E-state index < -0.39 is 9.84 Å². The average Bonchev–Trinajstić information content (AvgIpc) is 2.98. The maximum Gasteiger partial charge on any atom is 0.191 e. The molecule has 0 fully saturated rings. The van der Waals surface area contributed by atoms with Gasteiger partial charge in [0.25, 0.3) is 0 Å². The van der Waals surface area contributed by atoms with Gasteiger partial charge in [0.05, 0.1) is 5.75 Å². The Morgan fingerprint density at radius 1 is 1.30 bits per heavy atom. The normalized spacial score (nSPS) is 13.1. The summed E-state index contributed by atoms with van der Waals surface area (Å²) in [7, 11) is -1.26. The number of hydrogen-bond acceptors (Lipinski definition) is 3. The molecule has 0 aliphatic carbocycles. The lowest BCUT2D eigenvalue weighted by Gasteiger charge is -2.25. The van der Waals surface area contributed by atoms with E-state index in [2.05, 4.69) is 20.6 Å². The van der Waals surface area contributed by atoms with Crippen molar-refractivity contribution in [1.82, 2.24) is 15.6 Å². The number of aliphatic imine (C=N–C) groups is 1. The Kier molecular flexibility index (Phi) is 6.86. The first-order valence-corrected chi connectivity index (χ1v) is 11.0. The Hall–Kier alpha value is -2.09. The molecule has 0 saturated carbocycles. The van der Waals surface area contributed by atoms with E-state index in [1.807, 2.05) is 20.0 Å². The standard InChI is InChI=1S/C19H29FN4O2S/c1-19(2,8-10-27(4,25)26)13-24-18(21-3)22-9-7-14-12-23-17-11-15(20)5-6-16(14)17/h5-6,11-12,23H,7-10,13H2,1-4H3,(H2,21,22,24). The smallest absolute Gasteiger partial charge is 0.191 e. The Labute approximate surface area is 160 Å². The van der Waals surface area contributed by atoms with E-state index >= 15 is 0 Å². The lowest BCUT2D eigenvalue weighted by Crippen LogP contribution is -2.43. The quantitative estimate of drug-likeness (QED) is 0.473. The zero-order valence-corrected chi connectivity index (χ0v) is 17.2. The maximum atomic E-state index is 13.3. The van der Waals surface area contributed by atoms with Crippen molar-refractivity contribution in [1.29, 1.82) is 0 Å². The van der Waals surface area contributed by atoms with Crippen LogP contribution in [0.1, 0.15) is 25.8 Å². The molecule has 27 heavy (non-hydrogen) atoms. The molecule has 2 aromatic rings. The highest BCUT2D eigenvalue weighted by atomic mass is 32.2. The first-order valence-electron chi connectivity index (χ1n) is 8.97. The number of fused-ring (bicyclic) bond motifs is 1.